The van der Waals surface area contributed by atoms with E-state index in [0.717, 1.165) is 10.6 Å². The highest BCUT2D eigenvalue weighted by Crippen LogP contribution is 2.48. The molecule has 0 aliphatic rings. The monoisotopic (exact) mass is 1290 g/mol. The van der Waals surface area contributed by atoms with Crippen LogP contribution in [-0.2, 0) is 42.8 Å². The molecule has 8 N–H and O–H groups in total. The SMILES string of the molecule is C.CNC(=O)C(C)N=P(COC(=O)[C@H](C)NC)(c1ccccc1)c1ccccc1.CNC(=O)C(C)NC(=O)[C@H](C)NC.CNC(=O)[C@H](C)N=[N+]=[N-].CN[C@@H](C)C(=O)OCP(c1ccccc1)c1ccccc1.N#N.O=P(CO)(c1ccccc1)c1ccccc1. The van der Waals surface area contributed by atoms with Crippen LogP contribution in [0, 0.1) is 10.8 Å². The Morgan fingerprint density at radius 2 is 0.833 bits per heavy atom. The maximum absolute atomic E-state index is 12.7. The Hall–Kier alpha value is -8.40. The average Bonchev–Trinajstić information content (AvgIpc) is 0.811. The Kier molecular flexibility index (Phi) is 41.5. The minimum Gasteiger partial charge on any atom is -0.459 e. The second kappa shape index (κ2) is 45.8. The highest BCUT2D eigenvalue weighted by molar-refractivity contribution is 7.80. The van der Waals surface area contributed by atoms with Crippen LogP contribution in [0.5, 0.6) is 0 Å². The van der Waals surface area contributed by atoms with Crippen molar-refractivity contribution >= 4 is 89.5 Å². The number of aliphatic hydroxyl groups is 1. The number of amides is 4. The second-order valence-electron chi connectivity index (χ2n) is 19.1. The van der Waals surface area contributed by atoms with Crippen molar-refractivity contribution in [2.45, 2.75) is 85.2 Å². The molecule has 0 aromatic heterocycles. The number of hydrogen-bond donors (Lipinski definition) is 8. The lowest BCUT2D eigenvalue weighted by molar-refractivity contribution is -0.144. The fraction of sp³-hybridized carbons (Fsp3) is 0.344. The first kappa shape index (κ1) is 81.6. The van der Waals surface area contributed by atoms with Crippen LogP contribution in [0.15, 0.2) is 192 Å². The lowest BCUT2D eigenvalue weighted by Crippen LogP contribution is -2.49. The van der Waals surface area contributed by atoms with Crippen molar-refractivity contribution < 1.29 is 47.9 Å². The van der Waals surface area contributed by atoms with Gasteiger partial charge in [0.25, 0.3) is 0 Å². The highest BCUT2D eigenvalue weighted by Gasteiger charge is 2.30. The summed E-state index contributed by atoms with van der Waals surface area (Å²) in [5, 5.41) is 48.9. The van der Waals surface area contributed by atoms with E-state index < -0.39 is 46.3 Å². The van der Waals surface area contributed by atoms with E-state index in [-0.39, 0.29) is 67.8 Å². The van der Waals surface area contributed by atoms with Gasteiger partial charge in [0, 0.05) is 47.4 Å². The van der Waals surface area contributed by atoms with E-state index in [9.17, 15) is 38.4 Å². The lowest BCUT2D eigenvalue weighted by Gasteiger charge is -2.27. The maximum atomic E-state index is 12.7. The van der Waals surface area contributed by atoms with Crippen LogP contribution in [-0.4, -0.2) is 138 Å². The molecule has 2 unspecified atom stereocenters. The van der Waals surface area contributed by atoms with E-state index in [2.05, 4.69) is 71.5 Å². The zero-order valence-corrected chi connectivity index (χ0v) is 55.2. The smallest absolute Gasteiger partial charge is 0.323 e. The Morgan fingerprint density at radius 1 is 0.500 bits per heavy atom. The molecule has 0 spiro atoms. The van der Waals surface area contributed by atoms with Gasteiger partial charge in [0.15, 0.2) is 7.14 Å². The van der Waals surface area contributed by atoms with Crippen molar-refractivity contribution in [1.29, 1.82) is 10.8 Å². The molecule has 0 bridgehead atoms. The van der Waals surface area contributed by atoms with Gasteiger partial charge in [0.05, 0.1) is 13.1 Å². The number of ether oxygens (including phenoxy) is 2. The maximum Gasteiger partial charge on any atom is 0.323 e. The molecule has 0 aliphatic heterocycles. The summed E-state index contributed by atoms with van der Waals surface area (Å²) in [6.45, 7) is 10.2. The molecular formula is C64H90N13O10P3. The van der Waals surface area contributed by atoms with Crippen LogP contribution in [0.25, 0.3) is 10.4 Å². The molecule has 4 amide bonds. The molecule has 0 saturated heterocycles. The van der Waals surface area contributed by atoms with E-state index in [1.54, 1.807) is 87.1 Å². The van der Waals surface area contributed by atoms with Gasteiger partial charge in [-0.1, -0.05) is 195 Å². The number of benzene rings is 6. The zero-order chi connectivity index (χ0) is 66.8. The Balaban J connectivity index is 0.00000114. The summed E-state index contributed by atoms with van der Waals surface area (Å²) < 4.78 is 28.9. The molecule has 6 aromatic rings. The van der Waals surface area contributed by atoms with Gasteiger partial charge >= 0.3 is 11.9 Å². The van der Waals surface area contributed by atoms with Gasteiger partial charge in [-0.05, 0) is 97.4 Å². The molecule has 486 valence electrons. The van der Waals surface area contributed by atoms with Crippen molar-refractivity contribution in [1.82, 2.24) is 37.2 Å². The molecule has 90 heavy (non-hydrogen) atoms. The van der Waals surface area contributed by atoms with Gasteiger partial charge in [-0.2, -0.15) is 0 Å². The standard InChI is InChI=1S/C21H28N3O3P.C17H20NO2P.C13H13O2P.C8H17N3O2.C4H8N4O.CH4.N2/c1-16(20(25)23-4)24-28(18-11-7-5-8-12-18,19-13-9-6-10-14-19)15-27-21(26)17(2)22-3;1-14(18-2)17(19)20-13-21(15-9-5-3-6-10-15)16-11-7-4-8-12-16;14-11-16(15,12-7-3-1-4-8-12)13-9-5-2-6-10-13;1-5(9-3)8(13)11-6(2)7(12)10-4;1-3(7-8-5)4(9)6-2;;1-2/h5-14,16-17,22H,15H2,1-4H3,(H,23,25);3-12,14,18H,13H2,1-2H3;1-10,14H,11H2;5-6,9H,1-4H3,(H,10,12)(H,11,13);3H,1-2H3,(H,6,9);1H4;/t16?,17-;14-;;5-,6?;3-;;/m00.00../s1. The van der Waals surface area contributed by atoms with Crippen LogP contribution in [0.4, 0.5) is 0 Å². The summed E-state index contributed by atoms with van der Waals surface area (Å²) in [5.41, 5.74) is 7.86. The summed E-state index contributed by atoms with van der Waals surface area (Å²) in [4.78, 5) is 71.7. The Bertz CT molecular complexity index is 3090. The third-order valence-corrected chi connectivity index (χ3v) is 21.5. The number of rotatable bonds is 23. The van der Waals surface area contributed by atoms with E-state index in [1.807, 2.05) is 133 Å². The number of carbonyl (C=O) groups excluding carboxylic acids is 6. The van der Waals surface area contributed by atoms with Crippen LogP contribution in [0.2, 0.25) is 0 Å². The van der Waals surface area contributed by atoms with Gasteiger partial charge in [0.2, 0.25) is 23.6 Å². The number of esters is 2. The highest BCUT2D eigenvalue weighted by atomic mass is 31.2. The van der Waals surface area contributed by atoms with Crippen molar-refractivity contribution in [2.75, 3.05) is 61.3 Å². The lowest BCUT2D eigenvalue weighted by atomic mass is 10.2. The first-order chi connectivity index (χ1) is 42.7. The summed E-state index contributed by atoms with van der Waals surface area (Å²) in [6.07, 6.45) is 0.183. The summed E-state index contributed by atoms with van der Waals surface area (Å²) in [7, 11) is 3.70. The molecule has 6 atom stereocenters. The summed E-state index contributed by atoms with van der Waals surface area (Å²) in [5.74, 6) is -1.38. The molecule has 26 heteroatoms. The fourth-order valence-electron chi connectivity index (χ4n) is 7.40. The summed E-state index contributed by atoms with van der Waals surface area (Å²) >= 11 is 0. The normalized spacial score (nSPS) is 12.2. The number of hydrogen-bond acceptors (Lipinski definition) is 17. The molecule has 0 heterocycles. The number of nitrogens with zero attached hydrogens (tertiary/aromatic N) is 6. The van der Waals surface area contributed by atoms with Crippen LogP contribution in [0.3, 0.4) is 0 Å². The number of nitrogens with one attached hydrogen (secondary N) is 7. The summed E-state index contributed by atoms with van der Waals surface area (Å²) in [6, 6.07) is 55.5. The van der Waals surface area contributed by atoms with Gasteiger partial charge in [0.1, 0.15) is 49.3 Å². The molecule has 0 saturated carbocycles. The number of azide groups is 1. The molecule has 0 radical (unpaired) electrons. The number of likely N-dealkylation sites (N-methyl/N-ethyl adjacent to an activating group) is 6. The van der Waals surface area contributed by atoms with Gasteiger partial charge in [-0.15, -0.1) is 0 Å². The Labute approximate surface area is 531 Å². The third kappa shape index (κ3) is 27.6. The molecule has 0 aliphatic carbocycles. The molecular weight excluding hydrogens is 1200 g/mol. The van der Waals surface area contributed by atoms with Crippen molar-refractivity contribution in [2.24, 2.45) is 9.86 Å². The topological polar surface area (TPSA) is 351 Å². The molecule has 0 fully saturated rings. The minimum absolute atomic E-state index is 0. The fourth-order valence-corrected chi connectivity index (χ4v) is 14.5. The van der Waals surface area contributed by atoms with Crippen LogP contribution >= 0.6 is 22.1 Å². The molecule has 6 rings (SSSR count). The van der Waals surface area contributed by atoms with Crippen LogP contribution in [0.1, 0.15) is 49.0 Å². The molecule has 6 aromatic carbocycles. The third-order valence-electron chi connectivity index (χ3n) is 13.0. The van der Waals surface area contributed by atoms with E-state index in [1.165, 1.54) is 31.6 Å². The number of carbonyl (C=O) groups is 6. The van der Waals surface area contributed by atoms with E-state index in [0.29, 0.717) is 17.0 Å². The van der Waals surface area contributed by atoms with Crippen molar-refractivity contribution in [3.63, 3.8) is 0 Å². The quantitative estimate of drug-likeness (QED) is 0.00884. The average molecular weight is 1290 g/mol. The van der Waals surface area contributed by atoms with Gasteiger partial charge in [-0.3, -0.25) is 33.5 Å². The first-order valence-corrected chi connectivity index (χ1v) is 33.5. The predicted molar refractivity (Wildman–Crippen MR) is 363 cm³/mol. The predicted octanol–water partition coefficient (Wildman–Crippen LogP) is 6.20. The Morgan fingerprint density at radius 3 is 1.17 bits per heavy atom. The number of aliphatic hydroxyl groups excluding tert-OH is 1. The largest absolute Gasteiger partial charge is 0.459 e. The van der Waals surface area contributed by atoms with Gasteiger partial charge in [-0.25, -0.2) is 0 Å². The van der Waals surface area contributed by atoms with E-state index >= 15 is 0 Å². The second-order valence-corrected chi connectivity index (χ2v) is 27.1. The van der Waals surface area contributed by atoms with E-state index in [4.69, 9.17) is 30.5 Å². The molecule has 23 nitrogen and oxygen atoms in total. The van der Waals surface area contributed by atoms with Crippen molar-refractivity contribution in [3.8, 4) is 0 Å². The van der Waals surface area contributed by atoms with Crippen LogP contribution < -0.4 is 69.0 Å². The minimum atomic E-state index is -2.85. The van der Waals surface area contributed by atoms with Crippen molar-refractivity contribution in [3.05, 3.63) is 192 Å². The first-order valence-electron chi connectivity index (χ1n) is 28.1. The van der Waals surface area contributed by atoms with Gasteiger partial charge < -0.3 is 56.4 Å². The zero-order valence-electron chi connectivity index (χ0n) is 52.6.